The highest BCUT2D eigenvalue weighted by molar-refractivity contribution is 6.09. The molecule has 0 amide bonds. The van der Waals surface area contributed by atoms with Crippen LogP contribution in [0.3, 0.4) is 0 Å². The van der Waals surface area contributed by atoms with Gasteiger partial charge in [0, 0.05) is 28.2 Å². The number of anilines is 2. The van der Waals surface area contributed by atoms with Crippen LogP contribution in [0.5, 0.6) is 0 Å². The van der Waals surface area contributed by atoms with Gasteiger partial charge in [-0.2, -0.15) is 0 Å². The van der Waals surface area contributed by atoms with Crippen molar-refractivity contribution >= 4 is 39.3 Å². The number of pyridine rings is 1. The molecule has 27 heavy (non-hydrogen) atoms. The van der Waals surface area contributed by atoms with E-state index in [-0.39, 0.29) is 0 Å². The third-order valence-corrected chi connectivity index (χ3v) is 4.17. The van der Waals surface area contributed by atoms with Crippen LogP contribution in [0, 0.1) is 12.3 Å². The molecule has 6 nitrogen and oxygen atoms in total. The number of rotatable bonds is 3. The molecular formula is C21H14N4O2. The fraction of sp³-hybridized carbons (Fsp3) is 0.0476. The molecule has 0 aliphatic rings. The van der Waals surface area contributed by atoms with E-state index in [4.69, 9.17) is 11.2 Å². The lowest BCUT2D eigenvalue weighted by Crippen LogP contribution is -2.02. The second kappa shape index (κ2) is 6.73. The van der Waals surface area contributed by atoms with Gasteiger partial charge < -0.3 is 10.1 Å². The minimum atomic E-state index is -0.417. The first-order valence-electron chi connectivity index (χ1n) is 8.15. The van der Waals surface area contributed by atoms with E-state index in [1.54, 1.807) is 18.3 Å². The Morgan fingerprint density at radius 2 is 2.07 bits per heavy atom. The molecule has 2 heterocycles. The van der Waals surface area contributed by atoms with E-state index >= 15 is 0 Å². The number of aromatic nitrogens is 3. The molecule has 0 radical (unpaired) electrons. The fourth-order valence-corrected chi connectivity index (χ4v) is 2.90. The summed E-state index contributed by atoms with van der Waals surface area (Å²) in [4.78, 5) is 25.0. The van der Waals surface area contributed by atoms with E-state index in [2.05, 4.69) is 26.2 Å². The summed E-state index contributed by atoms with van der Waals surface area (Å²) in [6, 6.07) is 12.7. The molecule has 2 aromatic heterocycles. The highest BCUT2D eigenvalue weighted by Gasteiger charge is 2.13. The van der Waals surface area contributed by atoms with E-state index < -0.39 is 5.97 Å². The summed E-state index contributed by atoms with van der Waals surface area (Å²) >= 11 is 0. The van der Waals surface area contributed by atoms with Crippen LogP contribution >= 0.6 is 0 Å². The summed E-state index contributed by atoms with van der Waals surface area (Å²) in [6.07, 6.45) is 8.68. The number of benzene rings is 2. The summed E-state index contributed by atoms with van der Waals surface area (Å²) in [5.41, 5.74) is 3.29. The molecule has 2 aromatic carbocycles. The van der Waals surface area contributed by atoms with Gasteiger partial charge in [0.2, 0.25) is 0 Å². The summed E-state index contributed by atoms with van der Waals surface area (Å²) in [5.74, 6) is 2.74. The van der Waals surface area contributed by atoms with Crippen LogP contribution in [0.4, 0.5) is 11.5 Å². The van der Waals surface area contributed by atoms with Gasteiger partial charge in [-0.15, -0.1) is 6.42 Å². The lowest BCUT2D eigenvalue weighted by Gasteiger charge is -2.11. The molecule has 0 bridgehead atoms. The topological polar surface area (TPSA) is 77.0 Å². The molecule has 130 valence electrons. The first-order valence-corrected chi connectivity index (χ1v) is 8.15. The molecule has 0 aliphatic carbocycles. The maximum Gasteiger partial charge on any atom is 0.337 e. The Balaban J connectivity index is 1.91. The quantitative estimate of drug-likeness (QED) is 0.343. The molecular weight excluding hydrogens is 340 g/mol. The number of hydrogen-bond donors (Lipinski definition) is 1. The van der Waals surface area contributed by atoms with Crippen molar-refractivity contribution in [2.75, 3.05) is 12.4 Å². The van der Waals surface area contributed by atoms with Crippen LogP contribution in [-0.4, -0.2) is 28.0 Å². The highest BCUT2D eigenvalue weighted by Crippen LogP contribution is 2.30. The monoisotopic (exact) mass is 354 g/mol. The Kier molecular flexibility index (Phi) is 4.11. The normalized spacial score (nSPS) is 10.5. The number of carbonyl (C=O) groups excluding carboxylic acids is 1. The zero-order chi connectivity index (χ0) is 18.8. The largest absolute Gasteiger partial charge is 0.465 e. The van der Waals surface area contributed by atoms with Crippen LogP contribution in [-0.2, 0) is 4.74 Å². The van der Waals surface area contributed by atoms with E-state index in [0.717, 1.165) is 22.0 Å². The molecule has 0 spiro atoms. The molecule has 6 heteroatoms. The van der Waals surface area contributed by atoms with Gasteiger partial charge in [0.15, 0.2) is 5.82 Å². The molecule has 4 aromatic rings. The minimum absolute atomic E-state index is 0.417. The Morgan fingerprint density at radius 1 is 1.19 bits per heavy atom. The lowest BCUT2D eigenvalue weighted by molar-refractivity contribution is 0.0601. The summed E-state index contributed by atoms with van der Waals surface area (Å²) < 4.78 is 4.80. The Hall–Kier alpha value is -3.98. The van der Waals surface area contributed by atoms with Gasteiger partial charge in [-0.1, -0.05) is 18.1 Å². The molecule has 4 rings (SSSR count). The van der Waals surface area contributed by atoms with Crippen LogP contribution in [0.1, 0.15) is 15.9 Å². The van der Waals surface area contributed by atoms with Crippen molar-refractivity contribution in [2.45, 2.75) is 0 Å². The Bertz CT molecular complexity index is 1230. The van der Waals surface area contributed by atoms with Gasteiger partial charge >= 0.3 is 5.97 Å². The molecule has 1 N–H and O–H groups in total. The van der Waals surface area contributed by atoms with E-state index in [9.17, 15) is 4.79 Å². The van der Waals surface area contributed by atoms with Gasteiger partial charge in [-0.05, 0) is 30.3 Å². The lowest BCUT2D eigenvalue weighted by atomic mass is 10.1. The van der Waals surface area contributed by atoms with Crippen LogP contribution < -0.4 is 5.32 Å². The van der Waals surface area contributed by atoms with E-state index in [1.807, 2.05) is 30.3 Å². The van der Waals surface area contributed by atoms with E-state index in [0.29, 0.717) is 22.4 Å². The average Bonchev–Trinajstić information content (AvgIpc) is 2.73. The summed E-state index contributed by atoms with van der Waals surface area (Å²) in [5, 5.41) is 4.94. The number of carbonyl (C=O) groups is 1. The number of methoxy groups -OCH3 is 1. The van der Waals surface area contributed by atoms with Crippen molar-refractivity contribution in [3.8, 4) is 12.3 Å². The number of terminal acetylenes is 1. The first-order chi connectivity index (χ1) is 13.2. The van der Waals surface area contributed by atoms with Gasteiger partial charge in [-0.3, -0.25) is 0 Å². The molecule has 0 unspecified atom stereocenters. The smallest absolute Gasteiger partial charge is 0.337 e. The Morgan fingerprint density at radius 3 is 2.89 bits per heavy atom. The van der Waals surface area contributed by atoms with Crippen LogP contribution in [0.2, 0.25) is 0 Å². The van der Waals surface area contributed by atoms with Crippen molar-refractivity contribution in [3.05, 3.63) is 66.1 Å². The maximum atomic E-state index is 11.9. The molecule has 0 aliphatic heterocycles. The first kappa shape index (κ1) is 16.5. The second-order valence-electron chi connectivity index (χ2n) is 5.82. The van der Waals surface area contributed by atoms with Gasteiger partial charge in [0.1, 0.15) is 11.8 Å². The van der Waals surface area contributed by atoms with Crippen LogP contribution in [0.15, 0.2) is 55.0 Å². The van der Waals surface area contributed by atoms with Crippen molar-refractivity contribution in [3.63, 3.8) is 0 Å². The standard InChI is InChI=1S/C21H14N4O2/c1-3-13-5-4-6-15(9-13)24-20-19-17(11-22-12-23-19)16-8-7-14(21(26)27-2)10-18(16)25-20/h1,4-12H,2H3,(H,24,25). The zero-order valence-corrected chi connectivity index (χ0v) is 14.4. The zero-order valence-electron chi connectivity index (χ0n) is 14.4. The summed E-state index contributed by atoms with van der Waals surface area (Å²) in [7, 11) is 1.35. The number of fused-ring (bicyclic) bond motifs is 3. The van der Waals surface area contributed by atoms with Gasteiger partial charge in [-0.25, -0.2) is 19.7 Å². The van der Waals surface area contributed by atoms with Crippen LogP contribution in [0.25, 0.3) is 21.8 Å². The SMILES string of the molecule is C#Cc1cccc(Nc2nc3cc(C(=O)OC)ccc3c3cncnc23)c1. The molecule has 0 fully saturated rings. The van der Waals surface area contributed by atoms with Crippen molar-refractivity contribution < 1.29 is 9.53 Å². The molecule has 0 saturated carbocycles. The maximum absolute atomic E-state index is 11.9. The number of ether oxygens (including phenoxy) is 1. The fourth-order valence-electron chi connectivity index (χ4n) is 2.90. The van der Waals surface area contributed by atoms with Gasteiger partial charge in [0.05, 0.1) is 18.2 Å². The molecule has 0 saturated heterocycles. The van der Waals surface area contributed by atoms with Crippen molar-refractivity contribution in [1.29, 1.82) is 0 Å². The average molecular weight is 354 g/mol. The van der Waals surface area contributed by atoms with Gasteiger partial charge in [0.25, 0.3) is 0 Å². The number of hydrogen-bond acceptors (Lipinski definition) is 6. The predicted molar refractivity (Wildman–Crippen MR) is 104 cm³/mol. The molecule has 0 atom stereocenters. The number of esters is 1. The van der Waals surface area contributed by atoms with E-state index in [1.165, 1.54) is 13.4 Å². The summed E-state index contributed by atoms with van der Waals surface area (Å²) in [6.45, 7) is 0. The predicted octanol–water partition coefficient (Wildman–Crippen LogP) is 3.69. The Labute approximate surface area is 155 Å². The van der Waals surface area contributed by atoms with Crippen molar-refractivity contribution in [2.24, 2.45) is 0 Å². The number of nitrogens with one attached hydrogen (secondary N) is 1. The van der Waals surface area contributed by atoms with Crippen molar-refractivity contribution in [1.82, 2.24) is 15.0 Å². The highest BCUT2D eigenvalue weighted by atomic mass is 16.5. The number of nitrogens with zero attached hydrogens (tertiary/aromatic N) is 3. The third-order valence-electron chi connectivity index (χ3n) is 4.17. The third kappa shape index (κ3) is 3.02. The minimum Gasteiger partial charge on any atom is -0.465 e. The second-order valence-corrected chi connectivity index (χ2v) is 5.82.